The number of carbonyl (C=O) groups is 2. The first kappa shape index (κ1) is 31.2. The maximum Gasteiger partial charge on any atom is 0.407 e. The molecule has 12 heteroatoms. The zero-order valence-electron chi connectivity index (χ0n) is 24.8. The number of likely N-dealkylation sites (tertiary alicyclic amines) is 1. The number of rotatable bonds is 6. The van der Waals surface area contributed by atoms with E-state index in [1.165, 1.54) is 21.9 Å². The first-order chi connectivity index (χ1) is 20.2. The second-order valence-electron chi connectivity index (χ2n) is 12.8. The van der Waals surface area contributed by atoms with Crippen molar-refractivity contribution in [2.24, 2.45) is 0 Å². The van der Waals surface area contributed by atoms with Crippen molar-refractivity contribution in [3.05, 3.63) is 59.2 Å². The Kier molecular flexibility index (Phi) is 8.72. The van der Waals surface area contributed by atoms with Gasteiger partial charge in [0.1, 0.15) is 11.9 Å². The first-order valence-corrected chi connectivity index (χ1v) is 14.8. The summed E-state index contributed by atoms with van der Waals surface area (Å²) in [7, 11) is 0. The number of alkyl halides is 3. The van der Waals surface area contributed by atoms with Gasteiger partial charge >= 0.3 is 12.3 Å². The Hall–Kier alpha value is -3.25. The lowest BCUT2D eigenvalue weighted by Gasteiger charge is -2.47. The van der Waals surface area contributed by atoms with E-state index < -0.39 is 35.8 Å². The third-order valence-corrected chi connectivity index (χ3v) is 9.01. The van der Waals surface area contributed by atoms with E-state index in [0.717, 1.165) is 16.8 Å². The SMILES string of the molecule is C[C@@H]1CN(CC(=O)N2CC(C)(C)c3ncc(Cc4ccc(F)cc4)cc32)[C@@H](CN2CCCCC2C(F)(F)F)CN1C(=O)O. The number of nitrogens with zero attached hydrogens (tertiary/aromatic N) is 5. The highest BCUT2D eigenvalue weighted by atomic mass is 19.4. The summed E-state index contributed by atoms with van der Waals surface area (Å²) in [5.41, 5.74) is 2.83. The number of benzene rings is 1. The van der Waals surface area contributed by atoms with Crippen molar-refractivity contribution in [2.75, 3.05) is 44.2 Å². The molecule has 0 bridgehead atoms. The summed E-state index contributed by atoms with van der Waals surface area (Å²) in [6.07, 6.45) is -2.06. The molecule has 2 aromatic rings. The maximum atomic E-state index is 13.9. The summed E-state index contributed by atoms with van der Waals surface area (Å²) in [6.45, 7) is 6.68. The van der Waals surface area contributed by atoms with Gasteiger partial charge in [-0.05, 0) is 62.1 Å². The van der Waals surface area contributed by atoms with E-state index in [1.807, 2.05) is 24.8 Å². The molecule has 1 aromatic carbocycles. The molecule has 4 heterocycles. The minimum Gasteiger partial charge on any atom is -0.465 e. The molecule has 0 saturated carbocycles. The highest BCUT2D eigenvalue weighted by Crippen LogP contribution is 2.40. The second-order valence-corrected chi connectivity index (χ2v) is 12.8. The molecule has 2 saturated heterocycles. The van der Waals surface area contributed by atoms with Crippen LogP contribution < -0.4 is 4.90 Å². The number of amides is 2. The molecule has 0 radical (unpaired) electrons. The minimum atomic E-state index is -4.38. The van der Waals surface area contributed by atoms with Gasteiger partial charge in [-0.3, -0.25) is 19.6 Å². The molecule has 8 nitrogen and oxygen atoms in total. The van der Waals surface area contributed by atoms with Crippen LogP contribution in [0.5, 0.6) is 0 Å². The van der Waals surface area contributed by atoms with Crippen LogP contribution in [0.1, 0.15) is 56.9 Å². The van der Waals surface area contributed by atoms with Crippen molar-refractivity contribution >= 4 is 17.7 Å². The zero-order valence-corrected chi connectivity index (χ0v) is 24.8. The fraction of sp³-hybridized carbons (Fsp3) is 0.581. The van der Waals surface area contributed by atoms with Crippen LogP contribution in [-0.4, -0.2) is 100 Å². The number of halogens is 4. The van der Waals surface area contributed by atoms with E-state index in [1.54, 1.807) is 30.2 Å². The monoisotopic (exact) mass is 605 g/mol. The molecule has 2 amide bonds. The van der Waals surface area contributed by atoms with Crippen molar-refractivity contribution in [3.8, 4) is 0 Å². The molecule has 1 N–H and O–H groups in total. The van der Waals surface area contributed by atoms with E-state index in [9.17, 15) is 32.3 Å². The van der Waals surface area contributed by atoms with Crippen molar-refractivity contribution in [3.63, 3.8) is 0 Å². The van der Waals surface area contributed by atoms with Gasteiger partial charge in [0.25, 0.3) is 0 Å². The Morgan fingerprint density at radius 1 is 1.07 bits per heavy atom. The van der Waals surface area contributed by atoms with Gasteiger partial charge in [-0.2, -0.15) is 13.2 Å². The summed E-state index contributed by atoms with van der Waals surface area (Å²) < 4.78 is 55.0. The molecule has 5 rings (SSSR count). The van der Waals surface area contributed by atoms with E-state index in [0.29, 0.717) is 31.5 Å². The largest absolute Gasteiger partial charge is 0.465 e. The highest BCUT2D eigenvalue weighted by Gasteiger charge is 2.47. The predicted molar refractivity (Wildman–Crippen MR) is 154 cm³/mol. The smallest absolute Gasteiger partial charge is 0.407 e. The molecule has 0 aliphatic carbocycles. The number of anilines is 1. The van der Waals surface area contributed by atoms with Crippen molar-refractivity contribution < 1.29 is 32.3 Å². The first-order valence-electron chi connectivity index (χ1n) is 14.8. The molecular weight excluding hydrogens is 566 g/mol. The number of fused-ring (bicyclic) bond motifs is 1. The molecular formula is C31H39F4N5O3. The molecule has 1 unspecified atom stereocenters. The average Bonchev–Trinajstić information content (AvgIpc) is 3.21. The van der Waals surface area contributed by atoms with E-state index in [-0.39, 0.29) is 50.9 Å². The molecule has 0 spiro atoms. The van der Waals surface area contributed by atoms with Gasteiger partial charge in [0.15, 0.2) is 0 Å². The molecule has 3 aliphatic heterocycles. The van der Waals surface area contributed by atoms with Crippen LogP contribution in [0.3, 0.4) is 0 Å². The molecule has 1 aromatic heterocycles. The predicted octanol–water partition coefficient (Wildman–Crippen LogP) is 4.91. The number of hydrogen-bond donors (Lipinski definition) is 1. The topological polar surface area (TPSA) is 80.2 Å². The van der Waals surface area contributed by atoms with Gasteiger partial charge in [-0.1, -0.05) is 32.4 Å². The quantitative estimate of drug-likeness (QED) is 0.472. The van der Waals surface area contributed by atoms with Gasteiger partial charge < -0.3 is 14.9 Å². The summed E-state index contributed by atoms with van der Waals surface area (Å²) in [6, 6.07) is 5.58. The third-order valence-electron chi connectivity index (χ3n) is 9.01. The normalized spacial score (nSPS) is 24.7. The van der Waals surface area contributed by atoms with E-state index >= 15 is 0 Å². The number of piperidine rings is 1. The molecule has 3 aliphatic rings. The third kappa shape index (κ3) is 6.80. The van der Waals surface area contributed by atoms with Crippen molar-refractivity contribution in [2.45, 2.75) is 76.2 Å². The van der Waals surface area contributed by atoms with Gasteiger partial charge in [-0.25, -0.2) is 9.18 Å². The fourth-order valence-electron chi connectivity index (χ4n) is 6.79. The Bertz CT molecular complexity index is 1340. The lowest BCUT2D eigenvalue weighted by molar-refractivity contribution is -0.193. The van der Waals surface area contributed by atoms with Gasteiger partial charge in [-0.15, -0.1) is 0 Å². The summed E-state index contributed by atoms with van der Waals surface area (Å²) in [5, 5.41) is 9.78. The van der Waals surface area contributed by atoms with Crippen LogP contribution in [-0.2, 0) is 16.6 Å². The van der Waals surface area contributed by atoms with Crippen molar-refractivity contribution in [1.82, 2.24) is 19.7 Å². The number of piperazine rings is 1. The van der Waals surface area contributed by atoms with Crippen LogP contribution in [0.15, 0.2) is 36.5 Å². The van der Waals surface area contributed by atoms with Gasteiger partial charge in [0.2, 0.25) is 5.91 Å². The number of hydrogen-bond acceptors (Lipinski definition) is 5. The molecule has 2 fully saturated rings. The minimum absolute atomic E-state index is 0.0150. The number of aromatic nitrogens is 1. The second kappa shape index (κ2) is 12.0. The van der Waals surface area contributed by atoms with Crippen molar-refractivity contribution in [1.29, 1.82) is 0 Å². The zero-order chi connectivity index (χ0) is 31.1. The summed E-state index contributed by atoms with van der Waals surface area (Å²) in [5.74, 6) is -0.528. The van der Waals surface area contributed by atoms with Crippen LogP contribution in [0.4, 0.5) is 28.0 Å². The van der Waals surface area contributed by atoms with Crippen LogP contribution in [0, 0.1) is 5.82 Å². The summed E-state index contributed by atoms with van der Waals surface area (Å²) >= 11 is 0. The number of carbonyl (C=O) groups excluding carboxylic acids is 1. The molecule has 3 atom stereocenters. The Balaban J connectivity index is 1.37. The lowest BCUT2D eigenvalue weighted by Crippen LogP contribution is -2.64. The molecule has 43 heavy (non-hydrogen) atoms. The fourth-order valence-corrected chi connectivity index (χ4v) is 6.79. The van der Waals surface area contributed by atoms with Gasteiger partial charge in [0.05, 0.1) is 17.9 Å². The maximum absolute atomic E-state index is 13.9. The standard InChI is InChI=1S/C31H39F4N5O3/c1-20-15-38(24(17-39(20)29(42)43)16-37-11-5-4-6-26(37)31(33,34)35)18-27(41)40-19-30(2,3)28-25(40)13-22(14-36-28)12-21-7-9-23(32)10-8-21/h7-10,13-14,20,24,26H,4-6,11-12,15-19H2,1-3H3,(H,42,43)/t20-,24+,26?/m1/s1. The highest BCUT2D eigenvalue weighted by molar-refractivity contribution is 5.97. The Labute approximate surface area is 249 Å². The number of pyridine rings is 1. The van der Waals surface area contributed by atoms with Crippen LogP contribution in [0.2, 0.25) is 0 Å². The Morgan fingerprint density at radius 2 is 1.79 bits per heavy atom. The van der Waals surface area contributed by atoms with Crippen LogP contribution in [0.25, 0.3) is 0 Å². The lowest BCUT2D eigenvalue weighted by atomic mass is 9.91. The average molecular weight is 606 g/mol. The number of carboxylic acid groups (broad SMARTS) is 1. The Morgan fingerprint density at radius 3 is 2.47 bits per heavy atom. The van der Waals surface area contributed by atoms with Crippen LogP contribution >= 0.6 is 0 Å². The van der Waals surface area contributed by atoms with E-state index in [2.05, 4.69) is 0 Å². The molecule has 234 valence electrons. The van der Waals surface area contributed by atoms with Gasteiger partial charge in [0, 0.05) is 49.9 Å². The van der Waals surface area contributed by atoms with E-state index in [4.69, 9.17) is 4.98 Å². The summed E-state index contributed by atoms with van der Waals surface area (Å²) in [4.78, 5) is 36.8.